The zero-order valence-electron chi connectivity index (χ0n) is 19.1. The van der Waals surface area contributed by atoms with Crippen molar-refractivity contribution in [1.82, 2.24) is 29.5 Å². The Balaban J connectivity index is 1.34. The molecule has 13 heteroatoms. The zero-order valence-corrected chi connectivity index (χ0v) is 22.2. The molecule has 1 aliphatic heterocycles. The van der Waals surface area contributed by atoms with Crippen LogP contribution in [0.2, 0.25) is 10.0 Å². The summed E-state index contributed by atoms with van der Waals surface area (Å²) in [5, 5.41) is 12.8. The van der Waals surface area contributed by atoms with Gasteiger partial charge in [0.2, 0.25) is 11.7 Å². The van der Waals surface area contributed by atoms with Crippen molar-refractivity contribution < 1.29 is 14.0 Å². The molecule has 1 saturated heterocycles. The average Bonchev–Trinajstić information content (AvgIpc) is 3.64. The van der Waals surface area contributed by atoms with E-state index in [1.165, 1.54) is 23.1 Å². The molecule has 0 atom stereocenters. The number of thiazole rings is 1. The van der Waals surface area contributed by atoms with Crippen molar-refractivity contribution in [2.24, 2.45) is 0 Å². The molecule has 0 N–H and O–H groups in total. The lowest BCUT2D eigenvalue weighted by Gasteiger charge is -2.33. The number of halogens is 2. The van der Waals surface area contributed by atoms with Crippen LogP contribution in [0.25, 0.3) is 17.3 Å². The van der Waals surface area contributed by atoms with E-state index in [0.717, 1.165) is 5.01 Å². The topological polar surface area (TPSA) is 97.4 Å². The third kappa shape index (κ3) is 5.15. The lowest BCUT2D eigenvalue weighted by molar-refractivity contribution is -0.130. The smallest absolute Gasteiger partial charge is 0.273 e. The minimum absolute atomic E-state index is 0.0252. The summed E-state index contributed by atoms with van der Waals surface area (Å²) in [6.45, 7) is 3.61. The summed E-state index contributed by atoms with van der Waals surface area (Å²) < 4.78 is 7.35. The highest BCUT2D eigenvalue weighted by molar-refractivity contribution is 7.98. The highest BCUT2D eigenvalue weighted by Crippen LogP contribution is 2.34. The van der Waals surface area contributed by atoms with Crippen LogP contribution in [0.5, 0.6) is 0 Å². The SMILES string of the molecule is CC(=O)N1CCN(C(=O)c2csc(CSc3nnc(-c4ccco4)n3-c3cc(Cl)ccc3Cl)n2)CC1. The molecular formula is C23H20Cl2N6O3S2. The third-order valence-corrected chi connectivity index (χ3v) is 8.16. The Labute approximate surface area is 225 Å². The Bertz CT molecular complexity index is 1400. The lowest BCUT2D eigenvalue weighted by atomic mass is 10.3. The molecule has 36 heavy (non-hydrogen) atoms. The van der Waals surface area contributed by atoms with Gasteiger partial charge in [0.05, 0.1) is 22.7 Å². The van der Waals surface area contributed by atoms with Gasteiger partial charge in [-0.1, -0.05) is 35.0 Å². The highest BCUT2D eigenvalue weighted by Gasteiger charge is 2.25. The Morgan fingerprint density at radius 3 is 2.61 bits per heavy atom. The molecule has 1 aromatic carbocycles. The molecule has 4 aromatic rings. The second-order valence-corrected chi connectivity index (χ2v) is 10.7. The molecule has 2 amide bonds. The first kappa shape index (κ1) is 24.8. The maximum atomic E-state index is 12.9. The van der Waals surface area contributed by atoms with Crippen molar-refractivity contribution in [3.8, 4) is 17.3 Å². The number of thioether (sulfide) groups is 1. The quantitative estimate of drug-likeness (QED) is 0.308. The van der Waals surface area contributed by atoms with Gasteiger partial charge in [0.1, 0.15) is 10.7 Å². The van der Waals surface area contributed by atoms with E-state index in [-0.39, 0.29) is 11.8 Å². The number of piperazine rings is 1. The Morgan fingerprint density at radius 1 is 1.11 bits per heavy atom. The van der Waals surface area contributed by atoms with E-state index in [1.54, 1.807) is 63.3 Å². The van der Waals surface area contributed by atoms with Gasteiger partial charge in [-0.3, -0.25) is 14.2 Å². The standard InChI is InChI=1S/C23H20Cl2N6O3S2/c1-14(32)29-6-8-30(9-7-29)22(33)17-12-35-20(26-17)13-36-23-28-27-21(19-3-2-10-34-19)31(23)18-11-15(24)4-5-16(18)25/h2-5,10-12H,6-9,13H2,1H3. The van der Waals surface area contributed by atoms with Crippen LogP contribution in [0.4, 0.5) is 0 Å². The maximum absolute atomic E-state index is 12.9. The normalized spacial score (nSPS) is 13.9. The van der Waals surface area contributed by atoms with Crippen molar-refractivity contribution in [3.63, 3.8) is 0 Å². The van der Waals surface area contributed by atoms with E-state index in [1.807, 2.05) is 0 Å². The number of furan rings is 1. The molecule has 1 aliphatic rings. The van der Waals surface area contributed by atoms with Gasteiger partial charge in [-0.05, 0) is 30.3 Å². The van der Waals surface area contributed by atoms with Gasteiger partial charge in [0.15, 0.2) is 10.9 Å². The summed E-state index contributed by atoms with van der Waals surface area (Å²) in [6, 6.07) is 8.74. The second-order valence-electron chi connectivity index (χ2n) is 7.93. The van der Waals surface area contributed by atoms with Crippen LogP contribution in [0, 0.1) is 0 Å². The minimum atomic E-state index is -0.125. The zero-order chi connectivity index (χ0) is 25.2. The predicted molar refractivity (Wildman–Crippen MR) is 139 cm³/mol. The third-order valence-electron chi connectivity index (χ3n) is 5.63. The molecule has 0 unspecified atom stereocenters. The van der Waals surface area contributed by atoms with Crippen LogP contribution < -0.4 is 0 Å². The van der Waals surface area contributed by atoms with E-state index in [2.05, 4.69) is 15.2 Å². The highest BCUT2D eigenvalue weighted by atomic mass is 35.5. The molecule has 0 spiro atoms. The minimum Gasteiger partial charge on any atom is -0.461 e. The van der Waals surface area contributed by atoms with Crippen LogP contribution in [-0.4, -0.2) is 67.5 Å². The van der Waals surface area contributed by atoms with Crippen molar-refractivity contribution in [2.75, 3.05) is 26.2 Å². The van der Waals surface area contributed by atoms with E-state index in [9.17, 15) is 9.59 Å². The first-order chi connectivity index (χ1) is 17.4. The van der Waals surface area contributed by atoms with Crippen molar-refractivity contribution >= 4 is 58.1 Å². The van der Waals surface area contributed by atoms with E-state index in [0.29, 0.717) is 70.1 Å². The molecule has 4 heterocycles. The summed E-state index contributed by atoms with van der Waals surface area (Å²) in [5.74, 6) is 1.41. The predicted octanol–water partition coefficient (Wildman–Crippen LogP) is 4.89. The fraction of sp³-hybridized carbons (Fsp3) is 0.261. The number of aromatic nitrogens is 4. The van der Waals surface area contributed by atoms with E-state index in [4.69, 9.17) is 27.6 Å². The van der Waals surface area contributed by atoms with Crippen molar-refractivity contribution in [1.29, 1.82) is 0 Å². The molecule has 9 nitrogen and oxygen atoms in total. The Kier molecular flexibility index (Phi) is 7.33. The average molecular weight is 563 g/mol. The van der Waals surface area contributed by atoms with Crippen molar-refractivity contribution in [3.05, 3.63) is 62.7 Å². The van der Waals surface area contributed by atoms with Crippen LogP contribution >= 0.6 is 46.3 Å². The van der Waals surface area contributed by atoms with Gasteiger partial charge >= 0.3 is 0 Å². The summed E-state index contributed by atoms with van der Waals surface area (Å²) in [4.78, 5) is 32.5. The molecule has 186 valence electrons. The Hall–Kier alpha value is -2.86. The summed E-state index contributed by atoms with van der Waals surface area (Å²) >= 11 is 15.6. The van der Waals surface area contributed by atoms with Crippen molar-refractivity contribution in [2.45, 2.75) is 17.8 Å². The molecule has 1 fully saturated rings. The lowest BCUT2D eigenvalue weighted by Crippen LogP contribution is -2.50. The molecule has 0 aliphatic carbocycles. The summed E-state index contributed by atoms with van der Waals surface area (Å²) in [7, 11) is 0. The Morgan fingerprint density at radius 2 is 1.89 bits per heavy atom. The van der Waals surface area contributed by atoms with Gasteiger partial charge in [-0.2, -0.15) is 0 Å². The number of hydrogen-bond acceptors (Lipinski definition) is 8. The monoisotopic (exact) mass is 562 g/mol. The molecule has 5 rings (SSSR count). The number of carbonyl (C=O) groups is 2. The molecule has 0 saturated carbocycles. The number of rotatable bonds is 6. The van der Waals surface area contributed by atoms with Gasteiger partial charge in [-0.15, -0.1) is 21.5 Å². The molecule has 0 radical (unpaired) electrons. The largest absolute Gasteiger partial charge is 0.461 e. The molecule has 0 bridgehead atoms. The van der Waals surface area contributed by atoms with Gasteiger partial charge < -0.3 is 14.2 Å². The number of carbonyl (C=O) groups excluding carboxylic acids is 2. The molecule has 3 aromatic heterocycles. The number of hydrogen-bond donors (Lipinski definition) is 0. The van der Waals surface area contributed by atoms with Crippen LogP contribution in [0.15, 0.2) is 51.5 Å². The van der Waals surface area contributed by atoms with Crippen LogP contribution in [0.1, 0.15) is 22.4 Å². The van der Waals surface area contributed by atoms with Gasteiger partial charge in [-0.25, -0.2) is 4.98 Å². The van der Waals surface area contributed by atoms with Crippen LogP contribution in [-0.2, 0) is 10.5 Å². The first-order valence-corrected chi connectivity index (χ1v) is 13.6. The van der Waals surface area contributed by atoms with Gasteiger partial charge in [0.25, 0.3) is 5.91 Å². The van der Waals surface area contributed by atoms with Crippen LogP contribution in [0.3, 0.4) is 0 Å². The van der Waals surface area contributed by atoms with E-state index >= 15 is 0 Å². The number of benzene rings is 1. The second kappa shape index (κ2) is 10.6. The summed E-state index contributed by atoms with van der Waals surface area (Å²) in [5.41, 5.74) is 1.03. The number of amides is 2. The fourth-order valence-electron chi connectivity index (χ4n) is 3.79. The summed E-state index contributed by atoms with van der Waals surface area (Å²) in [6.07, 6.45) is 1.56. The first-order valence-electron chi connectivity index (χ1n) is 11.0. The maximum Gasteiger partial charge on any atom is 0.273 e. The molecular weight excluding hydrogens is 543 g/mol. The van der Waals surface area contributed by atoms with Gasteiger partial charge in [0, 0.05) is 43.5 Å². The fourth-order valence-corrected chi connectivity index (χ4v) is 5.89. The van der Waals surface area contributed by atoms with E-state index < -0.39 is 0 Å². The number of nitrogens with zero attached hydrogens (tertiary/aromatic N) is 6.